The number of aryl methyl sites for hydroxylation is 1. The molecule has 0 saturated heterocycles. The van der Waals surface area contributed by atoms with Crippen molar-refractivity contribution in [3.63, 3.8) is 0 Å². The van der Waals surface area contributed by atoms with Crippen LogP contribution in [0.1, 0.15) is 40.7 Å². The summed E-state index contributed by atoms with van der Waals surface area (Å²) in [6, 6.07) is 7.93. The summed E-state index contributed by atoms with van der Waals surface area (Å²) in [6.45, 7) is 1.90. The summed E-state index contributed by atoms with van der Waals surface area (Å²) in [5.41, 5.74) is 2.80. The maximum atomic E-state index is 13.8. The Balaban J connectivity index is 1.49. The minimum absolute atomic E-state index is 0.0236. The fraction of sp³-hybridized carbons (Fsp3) is 0.391. The second-order valence-electron chi connectivity index (χ2n) is 8.19. The number of benzene rings is 2. The zero-order valence-electron chi connectivity index (χ0n) is 16.8. The highest BCUT2D eigenvalue weighted by Gasteiger charge is 2.50. The quantitative estimate of drug-likeness (QED) is 0.790. The summed E-state index contributed by atoms with van der Waals surface area (Å²) in [4.78, 5) is 26.7. The van der Waals surface area contributed by atoms with Crippen LogP contribution in [0.5, 0.6) is 0 Å². The monoisotopic (exact) mass is 414 g/mol. The molecule has 0 spiro atoms. The van der Waals surface area contributed by atoms with E-state index in [2.05, 4.69) is 5.32 Å². The molecule has 4 rings (SSSR count). The van der Waals surface area contributed by atoms with Gasteiger partial charge in [0.2, 0.25) is 5.91 Å². The zero-order valence-corrected chi connectivity index (χ0v) is 16.8. The van der Waals surface area contributed by atoms with Crippen molar-refractivity contribution in [2.75, 3.05) is 11.9 Å². The first kappa shape index (κ1) is 20.5. The van der Waals surface area contributed by atoms with Gasteiger partial charge in [0.15, 0.2) is 0 Å². The van der Waals surface area contributed by atoms with Crippen molar-refractivity contribution < 1.29 is 23.5 Å². The highest BCUT2D eigenvalue weighted by atomic mass is 19.1. The summed E-state index contributed by atoms with van der Waals surface area (Å²) in [7, 11) is 0. The molecule has 0 unspecified atom stereocenters. The SMILES string of the molecule is Cc1ccc2c(c1NC(=O)Cc1ccc(CF)c(F)c1)CCN(C(=O)C1(O)CC1)C2. The number of nitrogens with one attached hydrogen (secondary N) is 1. The van der Waals surface area contributed by atoms with Gasteiger partial charge >= 0.3 is 0 Å². The van der Waals surface area contributed by atoms with Gasteiger partial charge < -0.3 is 15.3 Å². The van der Waals surface area contributed by atoms with Crippen LogP contribution in [-0.2, 0) is 35.7 Å². The molecule has 158 valence electrons. The lowest BCUT2D eigenvalue weighted by atomic mass is 9.94. The van der Waals surface area contributed by atoms with Gasteiger partial charge in [0, 0.05) is 24.3 Å². The molecule has 7 heteroatoms. The summed E-state index contributed by atoms with van der Waals surface area (Å²) >= 11 is 0. The average Bonchev–Trinajstić information content (AvgIpc) is 3.48. The van der Waals surface area contributed by atoms with E-state index in [1.54, 1.807) is 11.0 Å². The molecule has 1 saturated carbocycles. The number of hydrogen-bond acceptors (Lipinski definition) is 3. The highest BCUT2D eigenvalue weighted by Crippen LogP contribution is 2.38. The molecule has 5 nitrogen and oxygen atoms in total. The summed E-state index contributed by atoms with van der Waals surface area (Å²) < 4.78 is 26.4. The number of halogens is 2. The first-order valence-electron chi connectivity index (χ1n) is 10.1. The average molecular weight is 414 g/mol. The Kier molecular flexibility index (Phi) is 5.32. The third kappa shape index (κ3) is 3.94. The molecule has 2 aromatic rings. The van der Waals surface area contributed by atoms with E-state index in [0.717, 1.165) is 22.4 Å². The number of carbonyl (C=O) groups is 2. The third-order valence-corrected chi connectivity index (χ3v) is 5.91. The molecule has 2 aromatic carbocycles. The van der Waals surface area contributed by atoms with E-state index >= 15 is 0 Å². The van der Waals surface area contributed by atoms with E-state index in [4.69, 9.17) is 0 Å². The van der Waals surface area contributed by atoms with Gasteiger partial charge in [0.25, 0.3) is 5.91 Å². The second kappa shape index (κ2) is 7.80. The van der Waals surface area contributed by atoms with Gasteiger partial charge in [-0.25, -0.2) is 8.78 Å². The molecule has 0 radical (unpaired) electrons. The number of alkyl halides is 1. The lowest BCUT2D eigenvalue weighted by Crippen LogP contribution is -2.43. The number of fused-ring (bicyclic) bond motifs is 1. The van der Waals surface area contributed by atoms with Crippen molar-refractivity contribution in [1.29, 1.82) is 0 Å². The Hall–Kier alpha value is -2.80. The van der Waals surface area contributed by atoms with Gasteiger partial charge in [-0.05, 0) is 54.5 Å². The molecule has 1 heterocycles. The first-order chi connectivity index (χ1) is 14.3. The van der Waals surface area contributed by atoms with Gasteiger partial charge in [-0.3, -0.25) is 9.59 Å². The van der Waals surface area contributed by atoms with Crippen molar-refractivity contribution >= 4 is 17.5 Å². The number of amides is 2. The molecular formula is C23H24F2N2O3. The van der Waals surface area contributed by atoms with Crippen LogP contribution < -0.4 is 5.32 Å². The maximum absolute atomic E-state index is 13.8. The predicted octanol–water partition coefficient (Wildman–Crippen LogP) is 3.19. The minimum Gasteiger partial charge on any atom is -0.380 e. The molecule has 1 aliphatic carbocycles. The van der Waals surface area contributed by atoms with Crippen LogP contribution in [0.15, 0.2) is 30.3 Å². The number of anilines is 1. The normalized spacial score (nSPS) is 16.7. The molecule has 1 aliphatic heterocycles. The first-order valence-corrected chi connectivity index (χ1v) is 10.1. The molecule has 0 atom stereocenters. The summed E-state index contributed by atoms with van der Waals surface area (Å²) in [5.74, 6) is -1.17. The van der Waals surface area contributed by atoms with E-state index in [1.165, 1.54) is 12.1 Å². The molecule has 30 heavy (non-hydrogen) atoms. The Morgan fingerprint density at radius 3 is 2.67 bits per heavy atom. The summed E-state index contributed by atoms with van der Waals surface area (Å²) in [5, 5.41) is 13.0. The third-order valence-electron chi connectivity index (χ3n) is 5.91. The molecule has 0 aromatic heterocycles. The van der Waals surface area contributed by atoms with Crippen LogP contribution in [0.25, 0.3) is 0 Å². The van der Waals surface area contributed by atoms with E-state index in [0.29, 0.717) is 37.9 Å². The van der Waals surface area contributed by atoms with Gasteiger partial charge in [0.1, 0.15) is 18.1 Å². The van der Waals surface area contributed by atoms with Crippen molar-refractivity contribution in [3.8, 4) is 0 Å². The lowest BCUT2D eigenvalue weighted by molar-refractivity contribution is -0.143. The van der Waals surface area contributed by atoms with Gasteiger partial charge in [-0.2, -0.15) is 0 Å². The Morgan fingerprint density at radius 1 is 1.23 bits per heavy atom. The van der Waals surface area contributed by atoms with Crippen LogP contribution >= 0.6 is 0 Å². The van der Waals surface area contributed by atoms with Crippen LogP contribution in [-0.4, -0.2) is 34.0 Å². The Labute approximate surface area is 173 Å². The fourth-order valence-corrected chi connectivity index (χ4v) is 3.93. The standard InChI is InChI=1S/C23H24F2N2O3/c1-14-2-4-17-13-27(22(29)23(30)7-8-23)9-6-18(17)21(14)26-20(28)11-15-3-5-16(12-24)19(25)10-15/h2-5,10,30H,6-9,11-13H2,1H3,(H,26,28). The smallest absolute Gasteiger partial charge is 0.254 e. The van der Waals surface area contributed by atoms with E-state index in [-0.39, 0.29) is 23.8 Å². The van der Waals surface area contributed by atoms with Crippen LogP contribution in [0, 0.1) is 12.7 Å². The van der Waals surface area contributed by atoms with Crippen LogP contribution in [0.3, 0.4) is 0 Å². The number of nitrogens with zero attached hydrogens (tertiary/aromatic N) is 1. The molecule has 0 bridgehead atoms. The van der Waals surface area contributed by atoms with Crippen molar-refractivity contribution in [1.82, 2.24) is 4.90 Å². The predicted molar refractivity (Wildman–Crippen MR) is 108 cm³/mol. The summed E-state index contributed by atoms with van der Waals surface area (Å²) in [6.07, 6.45) is 1.58. The van der Waals surface area contributed by atoms with E-state index in [9.17, 15) is 23.5 Å². The minimum atomic E-state index is -1.19. The van der Waals surface area contributed by atoms with Crippen molar-refractivity contribution in [3.05, 3.63) is 64.0 Å². The highest BCUT2D eigenvalue weighted by molar-refractivity contribution is 5.94. The molecule has 2 aliphatic rings. The van der Waals surface area contributed by atoms with E-state index < -0.39 is 18.1 Å². The molecule has 1 fully saturated rings. The van der Waals surface area contributed by atoms with Crippen LogP contribution in [0.4, 0.5) is 14.5 Å². The maximum Gasteiger partial charge on any atom is 0.254 e. The fourth-order valence-electron chi connectivity index (χ4n) is 3.93. The number of rotatable bonds is 5. The molecular weight excluding hydrogens is 390 g/mol. The Bertz CT molecular complexity index is 1020. The van der Waals surface area contributed by atoms with Crippen molar-refractivity contribution in [2.45, 2.75) is 51.4 Å². The number of carbonyl (C=O) groups excluding carboxylic acids is 2. The number of hydrogen-bond donors (Lipinski definition) is 2. The topological polar surface area (TPSA) is 69.6 Å². The van der Waals surface area contributed by atoms with Crippen LogP contribution in [0.2, 0.25) is 0 Å². The second-order valence-corrected chi connectivity index (χ2v) is 8.19. The Morgan fingerprint density at radius 2 is 2.00 bits per heavy atom. The lowest BCUT2D eigenvalue weighted by Gasteiger charge is -2.32. The van der Waals surface area contributed by atoms with Gasteiger partial charge in [-0.1, -0.05) is 24.3 Å². The zero-order chi connectivity index (χ0) is 21.5. The van der Waals surface area contributed by atoms with E-state index in [1.807, 2.05) is 19.1 Å². The van der Waals surface area contributed by atoms with Crippen molar-refractivity contribution in [2.24, 2.45) is 0 Å². The molecule has 2 amide bonds. The molecule has 2 N–H and O–H groups in total. The largest absolute Gasteiger partial charge is 0.380 e. The van der Waals surface area contributed by atoms with Gasteiger partial charge in [-0.15, -0.1) is 0 Å². The number of aliphatic hydroxyl groups is 1. The van der Waals surface area contributed by atoms with Gasteiger partial charge in [0.05, 0.1) is 6.42 Å².